The summed E-state index contributed by atoms with van der Waals surface area (Å²) in [6.45, 7) is 4.90. The van der Waals surface area contributed by atoms with Crippen molar-refractivity contribution >= 4 is 11.8 Å². The molecule has 2 heterocycles. The highest BCUT2D eigenvalue weighted by Crippen LogP contribution is 2.25. The van der Waals surface area contributed by atoms with Crippen LogP contribution in [0.1, 0.15) is 47.3 Å². The molecule has 1 aromatic heterocycles. The molecule has 3 rings (SSSR count). The molecule has 31 heavy (non-hydrogen) atoms. The third-order valence-corrected chi connectivity index (χ3v) is 5.82. The Morgan fingerprint density at radius 3 is 2.55 bits per heavy atom. The van der Waals surface area contributed by atoms with E-state index in [1.165, 1.54) is 7.05 Å². The number of nitrogens with zero attached hydrogens (tertiary/aromatic N) is 2. The third-order valence-electron chi connectivity index (χ3n) is 5.82. The van der Waals surface area contributed by atoms with E-state index in [0.717, 1.165) is 16.7 Å². The average Bonchev–Trinajstić information content (AvgIpc) is 2.77. The summed E-state index contributed by atoms with van der Waals surface area (Å²) in [5.74, 6) is -0.426. The second-order valence-corrected chi connectivity index (χ2v) is 8.89. The smallest absolute Gasteiger partial charge is 0.263 e. The number of fused-ring (bicyclic) bond motifs is 1. The average molecular weight is 426 g/mol. The number of rotatable bonds is 7. The number of aryl methyl sites for hydroxylation is 2. The molecule has 166 valence electrons. The summed E-state index contributed by atoms with van der Waals surface area (Å²) < 4.78 is 1.59. The van der Waals surface area contributed by atoms with Crippen LogP contribution >= 0.6 is 0 Å². The van der Waals surface area contributed by atoms with Crippen molar-refractivity contribution in [3.63, 3.8) is 0 Å². The Balaban J connectivity index is 1.91. The van der Waals surface area contributed by atoms with Gasteiger partial charge in [0.05, 0.1) is 0 Å². The number of carbonyl (C=O) groups is 2. The van der Waals surface area contributed by atoms with E-state index in [4.69, 9.17) is 0 Å². The van der Waals surface area contributed by atoms with Crippen LogP contribution in [-0.4, -0.2) is 46.6 Å². The van der Waals surface area contributed by atoms with E-state index in [0.29, 0.717) is 32.5 Å². The molecule has 2 N–H and O–H groups in total. The van der Waals surface area contributed by atoms with Crippen LogP contribution in [0.25, 0.3) is 0 Å². The van der Waals surface area contributed by atoms with Gasteiger partial charge in [0.25, 0.3) is 11.5 Å². The van der Waals surface area contributed by atoms with Crippen molar-refractivity contribution in [2.45, 2.75) is 46.2 Å². The van der Waals surface area contributed by atoms with Crippen LogP contribution in [0, 0.1) is 5.41 Å². The van der Waals surface area contributed by atoms with Gasteiger partial charge in [-0.2, -0.15) is 0 Å². The Morgan fingerprint density at radius 1 is 1.19 bits per heavy atom. The van der Waals surface area contributed by atoms with Gasteiger partial charge >= 0.3 is 0 Å². The molecule has 0 radical (unpaired) electrons. The fraction of sp³-hybridized carbons (Fsp3) is 0.458. The van der Waals surface area contributed by atoms with Gasteiger partial charge in [-0.3, -0.25) is 14.4 Å². The minimum Gasteiger partial charge on any atom is -0.396 e. The zero-order chi connectivity index (χ0) is 22.6. The number of benzene rings is 1. The van der Waals surface area contributed by atoms with Crippen molar-refractivity contribution in [1.82, 2.24) is 14.8 Å². The number of hydrogen-bond acceptors (Lipinski definition) is 4. The summed E-state index contributed by atoms with van der Waals surface area (Å²) in [5, 5.41) is 12.1. The fourth-order valence-electron chi connectivity index (χ4n) is 3.92. The predicted molar refractivity (Wildman–Crippen MR) is 119 cm³/mol. The molecule has 7 heteroatoms. The van der Waals surface area contributed by atoms with Crippen molar-refractivity contribution in [3.8, 4) is 0 Å². The molecule has 7 nitrogen and oxygen atoms in total. The maximum atomic E-state index is 13.1. The number of aromatic nitrogens is 1. The first kappa shape index (κ1) is 22.7. The van der Waals surface area contributed by atoms with Crippen LogP contribution in [0.3, 0.4) is 0 Å². The zero-order valence-electron chi connectivity index (χ0n) is 18.5. The Bertz CT molecular complexity index is 1010. The number of aliphatic hydroxyl groups excluding tert-OH is 1. The van der Waals surface area contributed by atoms with Gasteiger partial charge in [0.2, 0.25) is 5.91 Å². The molecule has 0 unspecified atom stereocenters. The molecular formula is C24H31N3O4. The lowest BCUT2D eigenvalue weighted by molar-refractivity contribution is -0.134. The number of carbonyl (C=O) groups excluding carboxylic acids is 2. The van der Waals surface area contributed by atoms with Gasteiger partial charge in [0.15, 0.2) is 0 Å². The second kappa shape index (κ2) is 9.47. The molecule has 0 spiro atoms. The summed E-state index contributed by atoms with van der Waals surface area (Å²) >= 11 is 0. The first-order chi connectivity index (χ1) is 14.8. The van der Waals surface area contributed by atoms with E-state index < -0.39 is 11.3 Å². The van der Waals surface area contributed by atoms with Crippen molar-refractivity contribution in [3.05, 3.63) is 69.1 Å². The third kappa shape index (κ3) is 5.22. The summed E-state index contributed by atoms with van der Waals surface area (Å²) in [4.78, 5) is 40.2. The van der Waals surface area contributed by atoms with E-state index in [1.54, 1.807) is 15.7 Å². The van der Waals surface area contributed by atoms with Crippen molar-refractivity contribution in [2.24, 2.45) is 5.41 Å². The minimum absolute atomic E-state index is 0.0340. The number of nitrogens with one attached hydrogen (secondary N) is 1. The number of hydrogen-bond donors (Lipinski definition) is 2. The molecule has 1 aliphatic rings. The van der Waals surface area contributed by atoms with E-state index in [9.17, 15) is 19.5 Å². The maximum absolute atomic E-state index is 13.1. The zero-order valence-corrected chi connectivity index (χ0v) is 18.5. The van der Waals surface area contributed by atoms with Crippen LogP contribution in [0.5, 0.6) is 0 Å². The van der Waals surface area contributed by atoms with Crippen LogP contribution in [0.2, 0.25) is 0 Å². The lowest BCUT2D eigenvalue weighted by atomic mass is 9.89. The van der Waals surface area contributed by atoms with Crippen LogP contribution < -0.4 is 10.9 Å². The number of aliphatic hydroxyl groups is 1. The molecule has 2 aromatic rings. The molecule has 1 aromatic carbocycles. The molecule has 0 saturated heterocycles. The first-order valence-electron chi connectivity index (χ1n) is 10.7. The lowest BCUT2D eigenvalue weighted by Crippen LogP contribution is -2.42. The van der Waals surface area contributed by atoms with Gasteiger partial charge in [0.1, 0.15) is 5.56 Å². The molecule has 0 bridgehead atoms. The highest BCUT2D eigenvalue weighted by Gasteiger charge is 2.30. The van der Waals surface area contributed by atoms with E-state index >= 15 is 0 Å². The molecule has 0 atom stereocenters. The van der Waals surface area contributed by atoms with Gasteiger partial charge in [-0.05, 0) is 34.9 Å². The summed E-state index contributed by atoms with van der Waals surface area (Å²) in [5.41, 5.74) is 2.06. The largest absolute Gasteiger partial charge is 0.396 e. The summed E-state index contributed by atoms with van der Waals surface area (Å²) in [6.07, 6.45) is 3.16. The first-order valence-corrected chi connectivity index (χ1v) is 10.7. The Hall–Kier alpha value is -2.93. The quantitative estimate of drug-likeness (QED) is 0.707. The van der Waals surface area contributed by atoms with Gasteiger partial charge in [-0.15, -0.1) is 0 Å². The molecule has 2 amide bonds. The standard InChI is InChI=1S/C24H31N3O4/c1-24(2,16-28)13-20(29)26-12-10-19-18(14-26)15-27(23(31)21(19)22(30)25-3)11-9-17-7-5-4-6-8-17/h4-8,15,28H,9-14,16H2,1-3H3,(H,25,30). The summed E-state index contributed by atoms with van der Waals surface area (Å²) in [6, 6.07) is 9.87. The normalized spacial score (nSPS) is 13.6. The van der Waals surface area contributed by atoms with Crippen LogP contribution in [-0.2, 0) is 30.7 Å². The highest BCUT2D eigenvalue weighted by atomic mass is 16.3. The fourth-order valence-corrected chi connectivity index (χ4v) is 3.92. The predicted octanol–water partition coefficient (Wildman–Crippen LogP) is 1.74. The minimum atomic E-state index is -0.487. The second-order valence-electron chi connectivity index (χ2n) is 8.89. The monoisotopic (exact) mass is 425 g/mol. The maximum Gasteiger partial charge on any atom is 0.263 e. The van der Waals surface area contributed by atoms with Gasteiger partial charge < -0.3 is 19.9 Å². The Kier molecular flexibility index (Phi) is 6.95. The van der Waals surface area contributed by atoms with E-state index in [1.807, 2.05) is 44.2 Å². The SMILES string of the molecule is CNC(=O)c1c2c(cn(CCc3ccccc3)c1=O)CN(C(=O)CC(C)(C)CO)CC2. The van der Waals surface area contributed by atoms with Gasteiger partial charge in [0, 0.05) is 45.9 Å². The molecule has 0 fully saturated rings. The topological polar surface area (TPSA) is 91.6 Å². The molecule has 1 aliphatic heterocycles. The van der Waals surface area contributed by atoms with Crippen molar-refractivity contribution in [2.75, 3.05) is 20.2 Å². The Labute approximate surface area is 182 Å². The van der Waals surface area contributed by atoms with Crippen molar-refractivity contribution < 1.29 is 14.7 Å². The molecule has 0 saturated carbocycles. The number of amides is 2. The van der Waals surface area contributed by atoms with E-state index in [2.05, 4.69) is 5.32 Å². The number of pyridine rings is 1. The van der Waals surface area contributed by atoms with Crippen molar-refractivity contribution in [1.29, 1.82) is 0 Å². The van der Waals surface area contributed by atoms with Gasteiger partial charge in [-0.1, -0.05) is 44.2 Å². The Morgan fingerprint density at radius 2 is 1.90 bits per heavy atom. The van der Waals surface area contributed by atoms with Gasteiger partial charge in [-0.25, -0.2) is 0 Å². The van der Waals surface area contributed by atoms with Crippen LogP contribution in [0.15, 0.2) is 41.3 Å². The molecular weight excluding hydrogens is 394 g/mol. The van der Waals surface area contributed by atoms with Crippen LogP contribution in [0.4, 0.5) is 0 Å². The summed E-state index contributed by atoms with van der Waals surface area (Å²) in [7, 11) is 1.52. The lowest BCUT2D eigenvalue weighted by Gasteiger charge is -2.32. The molecule has 0 aliphatic carbocycles. The van der Waals surface area contributed by atoms with E-state index in [-0.39, 0.29) is 30.1 Å². The highest BCUT2D eigenvalue weighted by molar-refractivity contribution is 5.95.